The Bertz CT molecular complexity index is 1310. The number of fused-ring (bicyclic) bond motifs is 1. The fraction of sp³-hybridized carbons (Fsp3) is 0.448. The Morgan fingerprint density at radius 3 is 2.54 bits per heavy atom. The number of nitrogens with one attached hydrogen (secondary N) is 2. The molecule has 9 nitrogen and oxygen atoms in total. The van der Waals surface area contributed by atoms with Crippen molar-refractivity contribution in [2.45, 2.75) is 63.8 Å². The van der Waals surface area contributed by atoms with Crippen LogP contribution in [0.4, 0.5) is 10.1 Å². The fourth-order valence-electron chi connectivity index (χ4n) is 5.76. The van der Waals surface area contributed by atoms with Gasteiger partial charge in [0, 0.05) is 51.0 Å². The summed E-state index contributed by atoms with van der Waals surface area (Å²) in [6, 6.07) is 8.96. The first-order valence-corrected chi connectivity index (χ1v) is 13.4. The molecular weight excluding hydrogens is 503 g/mol. The van der Waals surface area contributed by atoms with Crippen LogP contribution in [0.15, 0.2) is 36.4 Å². The van der Waals surface area contributed by atoms with Crippen molar-refractivity contribution in [2.24, 2.45) is 0 Å². The number of hydrogen-bond acceptors (Lipinski definition) is 7. The number of benzene rings is 2. The van der Waals surface area contributed by atoms with Gasteiger partial charge in [-0.2, -0.15) is 0 Å². The van der Waals surface area contributed by atoms with Crippen molar-refractivity contribution >= 4 is 29.3 Å². The summed E-state index contributed by atoms with van der Waals surface area (Å²) < 4.78 is 20.8. The maximum atomic E-state index is 15.1. The SMILES string of the molecule is CCC1(OC)CCN(Cc2ccc(CNc3cccc4c3C(=O)N(C3CCC(=O)NC3=O)C4=O)c(F)c2)CC1. The molecule has 2 fully saturated rings. The Balaban J connectivity index is 1.25. The van der Waals surface area contributed by atoms with Gasteiger partial charge in [0.2, 0.25) is 11.8 Å². The lowest BCUT2D eigenvalue weighted by molar-refractivity contribution is -0.136. The van der Waals surface area contributed by atoms with E-state index < -0.39 is 29.7 Å². The number of carbonyl (C=O) groups excluding carboxylic acids is 4. The van der Waals surface area contributed by atoms with E-state index in [1.807, 2.05) is 6.07 Å². The molecule has 0 bridgehead atoms. The maximum absolute atomic E-state index is 15.1. The summed E-state index contributed by atoms with van der Waals surface area (Å²) in [4.78, 5) is 53.4. The second-order valence-corrected chi connectivity index (χ2v) is 10.5. The summed E-state index contributed by atoms with van der Waals surface area (Å²) in [7, 11) is 1.77. The van der Waals surface area contributed by atoms with E-state index in [4.69, 9.17) is 4.74 Å². The van der Waals surface area contributed by atoms with Crippen LogP contribution < -0.4 is 10.6 Å². The number of likely N-dealkylation sites (tertiary alicyclic amines) is 1. The van der Waals surface area contributed by atoms with Gasteiger partial charge in [0.05, 0.1) is 16.7 Å². The summed E-state index contributed by atoms with van der Waals surface area (Å²) in [6.45, 7) is 4.71. The molecule has 2 aromatic carbocycles. The smallest absolute Gasteiger partial charge is 0.264 e. The van der Waals surface area contributed by atoms with Crippen LogP contribution in [0.25, 0.3) is 0 Å². The number of carbonyl (C=O) groups is 4. The molecule has 5 rings (SSSR count). The minimum atomic E-state index is -1.04. The molecule has 39 heavy (non-hydrogen) atoms. The number of piperidine rings is 2. The summed E-state index contributed by atoms with van der Waals surface area (Å²) in [5.74, 6) is -2.63. The van der Waals surface area contributed by atoms with Crippen LogP contribution in [0.2, 0.25) is 0 Å². The molecule has 3 heterocycles. The number of nitrogens with zero attached hydrogens (tertiary/aromatic N) is 2. The molecule has 1 unspecified atom stereocenters. The van der Waals surface area contributed by atoms with Gasteiger partial charge in [0.25, 0.3) is 11.8 Å². The van der Waals surface area contributed by atoms with Gasteiger partial charge in [-0.25, -0.2) is 4.39 Å². The Hall–Kier alpha value is -3.63. The van der Waals surface area contributed by atoms with Crippen LogP contribution in [0, 0.1) is 5.82 Å². The predicted octanol–water partition coefficient (Wildman–Crippen LogP) is 3.23. The first kappa shape index (κ1) is 27.0. The molecule has 2 aromatic rings. The summed E-state index contributed by atoms with van der Waals surface area (Å²) in [5.41, 5.74) is 1.97. The van der Waals surface area contributed by atoms with Gasteiger partial charge in [-0.15, -0.1) is 0 Å². The molecular formula is C29H33FN4O5. The predicted molar refractivity (Wildman–Crippen MR) is 141 cm³/mol. The molecule has 2 N–H and O–H groups in total. The third-order valence-electron chi connectivity index (χ3n) is 8.31. The van der Waals surface area contributed by atoms with Gasteiger partial charge in [0.1, 0.15) is 11.9 Å². The van der Waals surface area contributed by atoms with Crippen molar-refractivity contribution in [1.29, 1.82) is 0 Å². The molecule has 206 valence electrons. The molecule has 0 aliphatic carbocycles. The molecule has 0 saturated carbocycles. The van der Waals surface area contributed by atoms with Crippen molar-refractivity contribution in [3.8, 4) is 0 Å². The van der Waals surface area contributed by atoms with Crippen molar-refractivity contribution < 1.29 is 28.3 Å². The highest BCUT2D eigenvalue weighted by molar-refractivity contribution is 6.25. The Labute approximate surface area is 226 Å². The van der Waals surface area contributed by atoms with Crippen LogP contribution in [0.1, 0.15) is 70.9 Å². The minimum absolute atomic E-state index is 0.0502. The van der Waals surface area contributed by atoms with Crippen LogP contribution in [-0.2, 0) is 27.4 Å². The van der Waals surface area contributed by atoms with E-state index >= 15 is 4.39 Å². The van der Waals surface area contributed by atoms with E-state index in [0.29, 0.717) is 17.8 Å². The standard InChI is InChI=1S/C29H33FN4O5/c1-3-29(39-2)11-13-33(14-12-29)17-18-7-8-19(21(30)15-18)16-31-22-6-4-5-20-25(22)28(38)34(27(20)37)23-9-10-24(35)32-26(23)36/h4-8,15,23,31H,3,9-14,16-17H2,1-2H3,(H,32,35,36). The van der Waals surface area contributed by atoms with E-state index in [2.05, 4.69) is 22.5 Å². The normalized spacial score (nSPS) is 21.2. The topological polar surface area (TPSA) is 108 Å². The zero-order valence-corrected chi connectivity index (χ0v) is 22.2. The van der Waals surface area contributed by atoms with Crippen molar-refractivity contribution in [1.82, 2.24) is 15.1 Å². The van der Waals surface area contributed by atoms with E-state index in [0.717, 1.165) is 42.8 Å². The van der Waals surface area contributed by atoms with Crippen LogP contribution in [0.5, 0.6) is 0 Å². The zero-order chi connectivity index (χ0) is 27.7. The lowest BCUT2D eigenvalue weighted by Crippen LogP contribution is -2.54. The maximum Gasteiger partial charge on any atom is 0.264 e. The summed E-state index contributed by atoms with van der Waals surface area (Å²) >= 11 is 0. The molecule has 10 heteroatoms. The summed E-state index contributed by atoms with van der Waals surface area (Å²) in [5, 5.41) is 5.29. The molecule has 3 aliphatic heterocycles. The number of anilines is 1. The molecule has 0 radical (unpaired) electrons. The third-order valence-corrected chi connectivity index (χ3v) is 8.31. The van der Waals surface area contributed by atoms with Crippen molar-refractivity contribution in [3.05, 3.63) is 64.5 Å². The number of rotatable bonds is 8. The highest BCUT2D eigenvalue weighted by Gasteiger charge is 2.45. The average molecular weight is 537 g/mol. The lowest BCUT2D eigenvalue weighted by Gasteiger charge is -2.40. The number of hydrogen-bond donors (Lipinski definition) is 2. The molecule has 0 spiro atoms. The fourth-order valence-corrected chi connectivity index (χ4v) is 5.76. The molecule has 4 amide bonds. The van der Waals surface area contributed by atoms with E-state index in [9.17, 15) is 19.2 Å². The zero-order valence-electron chi connectivity index (χ0n) is 22.2. The van der Waals surface area contributed by atoms with E-state index in [-0.39, 0.29) is 41.9 Å². The molecule has 3 aliphatic rings. The number of methoxy groups -OCH3 is 1. The first-order chi connectivity index (χ1) is 18.7. The van der Waals surface area contributed by atoms with E-state index in [1.54, 1.807) is 31.4 Å². The quantitative estimate of drug-likeness (QED) is 0.499. The number of amides is 4. The van der Waals surface area contributed by atoms with Gasteiger partial charge >= 0.3 is 0 Å². The molecule has 2 saturated heterocycles. The monoisotopic (exact) mass is 536 g/mol. The van der Waals surface area contributed by atoms with Crippen molar-refractivity contribution in [2.75, 3.05) is 25.5 Å². The highest BCUT2D eigenvalue weighted by atomic mass is 19.1. The largest absolute Gasteiger partial charge is 0.380 e. The molecule has 1 atom stereocenters. The minimum Gasteiger partial charge on any atom is -0.380 e. The van der Waals surface area contributed by atoms with Gasteiger partial charge in [-0.1, -0.05) is 25.1 Å². The highest BCUT2D eigenvalue weighted by Crippen LogP contribution is 2.33. The van der Waals surface area contributed by atoms with Crippen LogP contribution in [0.3, 0.4) is 0 Å². The molecule has 0 aromatic heterocycles. The van der Waals surface area contributed by atoms with Gasteiger partial charge < -0.3 is 10.1 Å². The first-order valence-electron chi connectivity index (χ1n) is 13.4. The third kappa shape index (κ3) is 5.18. The van der Waals surface area contributed by atoms with Gasteiger partial charge in [-0.3, -0.25) is 34.3 Å². The number of ether oxygens (including phenoxy) is 1. The van der Waals surface area contributed by atoms with Crippen LogP contribution in [-0.4, -0.2) is 65.3 Å². The Morgan fingerprint density at radius 1 is 1.10 bits per heavy atom. The van der Waals surface area contributed by atoms with Gasteiger partial charge in [-0.05, 0) is 49.4 Å². The number of halogens is 1. The average Bonchev–Trinajstić information content (AvgIpc) is 3.19. The van der Waals surface area contributed by atoms with Gasteiger partial charge in [0.15, 0.2) is 0 Å². The summed E-state index contributed by atoms with van der Waals surface area (Å²) in [6.07, 6.45) is 3.02. The Morgan fingerprint density at radius 2 is 1.87 bits per heavy atom. The second kappa shape index (κ2) is 10.9. The second-order valence-electron chi connectivity index (χ2n) is 10.5. The van der Waals surface area contributed by atoms with Crippen LogP contribution >= 0.6 is 0 Å². The lowest BCUT2D eigenvalue weighted by atomic mass is 9.88. The number of imide groups is 2. The Kier molecular flexibility index (Phi) is 7.51. The van der Waals surface area contributed by atoms with Crippen molar-refractivity contribution in [3.63, 3.8) is 0 Å². The van der Waals surface area contributed by atoms with E-state index in [1.165, 1.54) is 6.07 Å².